The summed E-state index contributed by atoms with van der Waals surface area (Å²) in [5.41, 5.74) is 1.57. The van der Waals surface area contributed by atoms with Crippen molar-refractivity contribution in [3.8, 4) is 0 Å². The maximum absolute atomic E-state index is 12.8. The molecule has 2 aromatic rings. The van der Waals surface area contributed by atoms with Gasteiger partial charge in [0.05, 0.1) is 6.26 Å². The van der Waals surface area contributed by atoms with Gasteiger partial charge in [-0.25, -0.2) is 13.1 Å². The zero-order valence-electron chi connectivity index (χ0n) is 13.9. The second kappa shape index (κ2) is 6.57. The lowest BCUT2D eigenvalue weighted by Gasteiger charge is -2.32. The monoisotopic (exact) mass is 350 g/mol. The fourth-order valence-electron chi connectivity index (χ4n) is 3.21. The van der Waals surface area contributed by atoms with Crippen LogP contribution in [0.4, 0.5) is 0 Å². The van der Waals surface area contributed by atoms with Gasteiger partial charge in [-0.3, -0.25) is 4.79 Å². The Balaban J connectivity index is 1.75. The Kier molecular flexibility index (Phi) is 4.64. The average Bonchev–Trinajstić information content (AvgIpc) is 2.89. The molecular weight excluding hydrogens is 328 g/mol. The van der Waals surface area contributed by atoms with Crippen LogP contribution in [0.25, 0.3) is 11.0 Å². The number of furan rings is 1. The van der Waals surface area contributed by atoms with E-state index in [-0.39, 0.29) is 11.8 Å². The van der Waals surface area contributed by atoms with E-state index in [1.54, 1.807) is 4.90 Å². The van der Waals surface area contributed by atoms with Crippen molar-refractivity contribution in [2.75, 3.05) is 25.9 Å². The molecule has 0 radical (unpaired) electrons. The molecule has 130 valence electrons. The molecule has 0 aliphatic carbocycles. The third-order valence-electron chi connectivity index (χ3n) is 4.48. The predicted molar refractivity (Wildman–Crippen MR) is 92.4 cm³/mol. The highest BCUT2D eigenvalue weighted by Gasteiger charge is 2.28. The summed E-state index contributed by atoms with van der Waals surface area (Å²) in [6, 6.07) is 7.61. The number of piperidine rings is 1. The third kappa shape index (κ3) is 3.62. The fourth-order valence-corrected chi connectivity index (χ4v) is 3.75. The second-order valence-corrected chi connectivity index (χ2v) is 8.27. The molecule has 1 aromatic heterocycles. The van der Waals surface area contributed by atoms with Gasteiger partial charge in [0.1, 0.15) is 5.58 Å². The van der Waals surface area contributed by atoms with Crippen molar-refractivity contribution < 1.29 is 17.6 Å². The topological polar surface area (TPSA) is 79.6 Å². The van der Waals surface area contributed by atoms with Crippen molar-refractivity contribution in [2.45, 2.75) is 19.8 Å². The molecule has 6 nitrogen and oxygen atoms in total. The number of hydrogen-bond acceptors (Lipinski definition) is 4. The van der Waals surface area contributed by atoms with E-state index < -0.39 is 10.0 Å². The molecule has 1 aromatic carbocycles. The van der Waals surface area contributed by atoms with E-state index in [9.17, 15) is 13.2 Å². The first-order valence-electron chi connectivity index (χ1n) is 8.07. The number of benzene rings is 1. The minimum absolute atomic E-state index is 0.118. The predicted octanol–water partition coefficient (Wildman–Crippen LogP) is 2.14. The number of nitrogens with zero attached hydrogens (tertiary/aromatic N) is 1. The van der Waals surface area contributed by atoms with Crippen LogP contribution in [-0.4, -0.2) is 45.1 Å². The molecule has 2 heterocycles. The molecule has 1 aliphatic rings. The highest BCUT2D eigenvalue weighted by molar-refractivity contribution is 7.88. The first kappa shape index (κ1) is 17.0. The summed E-state index contributed by atoms with van der Waals surface area (Å²) in [4.78, 5) is 14.6. The van der Waals surface area contributed by atoms with Gasteiger partial charge >= 0.3 is 0 Å². The number of hydrogen-bond donors (Lipinski definition) is 1. The Hall–Kier alpha value is -1.86. The standard InChI is InChI=1S/C17H22N2O4S/c1-12-14-7-3-4-8-15(14)23-16(12)17(20)19-9-5-6-13(11-19)10-18-24(2,21)22/h3-4,7-8,13,18H,5-6,9-11H2,1-2H3. The van der Waals surface area contributed by atoms with Crippen LogP contribution in [0.3, 0.4) is 0 Å². The van der Waals surface area contributed by atoms with Gasteiger partial charge in [0, 0.05) is 30.6 Å². The van der Waals surface area contributed by atoms with Crippen LogP contribution in [0.5, 0.6) is 0 Å². The fraction of sp³-hybridized carbons (Fsp3) is 0.471. The molecule has 7 heteroatoms. The minimum Gasteiger partial charge on any atom is -0.451 e. The Morgan fingerprint density at radius 1 is 1.38 bits per heavy atom. The molecule has 1 fully saturated rings. The molecule has 1 atom stereocenters. The SMILES string of the molecule is Cc1c(C(=O)N2CCCC(CNS(C)(=O)=O)C2)oc2ccccc12. The summed E-state index contributed by atoms with van der Waals surface area (Å²) in [5, 5.41) is 0.952. The van der Waals surface area contributed by atoms with Gasteiger partial charge in [-0.15, -0.1) is 0 Å². The van der Waals surface area contributed by atoms with Gasteiger partial charge in [0.15, 0.2) is 5.76 Å². The van der Waals surface area contributed by atoms with E-state index in [0.717, 1.165) is 30.0 Å². The Labute approximate surface area is 141 Å². The van der Waals surface area contributed by atoms with Gasteiger partial charge in [-0.1, -0.05) is 18.2 Å². The maximum atomic E-state index is 12.8. The molecule has 1 saturated heterocycles. The van der Waals surface area contributed by atoms with Crippen molar-refractivity contribution in [1.29, 1.82) is 0 Å². The van der Waals surface area contributed by atoms with E-state index in [1.807, 2.05) is 31.2 Å². The number of sulfonamides is 1. The number of fused-ring (bicyclic) bond motifs is 1. The van der Waals surface area contributed by atoms with Crippen molar-refractivity contribution in [3.63, 3.8) is 0 Å². The third-order valence-corrected chi connectivity index (χ3v) is 5.17. The Morgan fingerprint density at radius 3 is 2.83 bits per heavy atom. The maximum Gasteiger partial charge on any atom is 0.289 e. The Bertz CT molecular complexity index is 857. The van der Waals surface area contributed by atoms with Crippen molar-refractivity contribution in [2.24, 2.45) is 5.92 Å². The quantitative estimate of drug-likeness (QED) is 0.916. The highest BCUT2D eigenvalue weighted by Crippen LogP contribution is 2.27. The second-order valence-electron chi connectivity index (χ2n) is 6.43. The van der Waals surface area contributed by atoms with Crippen LogP contribution >= 0.6 is 0 Å². The van der Waals surface area contributed by atoms with Crippen molar-refractivity contribution in [1.82, 2.24) is 9.62 Å². The van der Waals surface area contributed by atoms with Gasteiger partial charge < -0.3 is 9.32 Å². The first-order chi connectivity index (χ1) is 11.3. The summed E-state index contributed by atoms with van der Waals surface area (Å²) >= 11 is 0. The number of carbonyl (C=O) groups is 1. The van der Waals surface area contributed by atoms with Gasteiger partial charge in [-0.2, -0.15) is 0 Å². The van der Waals surface area contributed by atoms with E-state index >= 15 is 0 Å². The molecular formula is C17H22N2O4S. The number of para-hydroxylation sites is 1. The molecule has 3 rings (SSSR count). The number of nitrogens with one attached hydrogen (secondary N) is 1. The van der Waals surface area contributed by atoms with E-state index in [0.29, 0.717) is 31.0 Å². The minimum atomic E-state index is -3.21. The summed E-state index contributed by atoms with van der Waals surface area (Å²) in [6.45, 7) is 3.47. The molecule has 1 N–H and O–H groups in total. The van der Waals surface area contributed by atoms with Crippen molar-refractivity contribution >= 4 is 26.9 Å². The Morgan fingerprint density at radius 2 is 2.12 bits per heavy atom. The summed E-state index contributed by atoms with van der Waals surface area (Å²) in [6.07, 6.45) is 2.92. The van der Waals surface area contributed by atoms with Gasteiger partial charge in [0.25, 0.3) is 5.91 Å². The molecule has 1 aliphatic heterocycles. The lowest BCUT2D eigenvalue weighted by molar-refractivity contribution is 0.0645. The number of amides is 1. The largest absolute Gasteiger partial charge is 0.451 e. The van der Waals surface area contributed by atoms with Crippen LogP contribution in [0.1, 0.15) is 29.0 Å². The van der Waals surface area contributed by atoms with Gasteiger partial charge in [-0.05, 0) is 31.7 Å². The molecule has 0 spiro atoms. The van der Waals surface area contributed by atoms with E-state index in [1.165, 1.54) is 0 Å². The van der Waals surface area contributed by atoms with Crippen LogP contribution in [0.2, 0.25) is 0 Å². The van der Waals surface area contributed by atoms with Crippen LogP contribution in [-0.2, 0) is 10.0 Å². The summed E-state index contributed by atoms with van der Waals surface area (Å²) in [7, 11) is -3.21. The van der Waals surface area contributed by atoms with Crippen LogP contribution < -0.4 is 4.72 Å². The smallest absolute Gasteiger partial charge is 0.289 e. The number of rotatable bonds is 4. The lowest BCUT2D eigenvalue weighted by atomic mass is 9.98. The van der Waals surface area contributed by atoms with Crippen molar-refractivity contribution in [3.05, 3.63) is 35.6 Å². The average molecular weight is 350 g/mol. The number of aryl methyl sites for hydroxylation is 1. The van der Waals surface area contributed by atoms with Crippen LogP contribution in [0.15, 0.2) is 28.7 Å². The number of carbonyl (C=O) groups excluding carboxylic acids is 1. The summed E-state index contributed by atoms with van der Waals surface area (Å²) < 4.78 is 30.8. The van der Waals surface area contributed by atoms with Gasteiger partial charge in [0.2, 0.25) is 10.0 Å². The zero-order chi connectivity index (χ0) is 17.3. The highest BCUT2D eigenvalue weighted by atomic mass is 32.2. The molecule has 0 saturated carbocycles. The van der Waals surface area contributed by atoms with Crippen LogP contribution in [0, 0.1) is 12.8 Å². The van der Waals surface area contributed by atoms with E-state index in [4.69, 9.17) is 4.42 Å². The molecule has 24 heavy (non-hydrogen) atoms. The lowest BCUT2D eigenvalue weighted by Crippen LogP contribution is -2.43. The normalized spacial score (nSPS) is 18.9. The zero-order valence-corrected chi connectivity index (χ0v) is 14.7. The summed E-state index contributed by atoms with van der Waals surface area (Å²) in [5.74, 6) is 0.391. The van der Waals surface area contributed by atoms with E-state index in [2.05, 4.69) is 4.72 Å². The number of likely N-dealkylation sites (tertiary alicyclic amines) is 1. The molecule has 1 unspecified atom stereocenters. The molecule has 1 amide bonds. The first-order valence-corrected chi connectivity index (χ1v) is 9.96. The molecule has 0 bridgehead atoms.